The van der Waals surface area contributed by atoms with Crippen LogP contribution in [-0.2, 0) is 0 Å². The van der Waals surface area contributed by atoms with Crippen molar-refractivity contribution in [1.82, 2.24) is 14.9 Å². The van der Waals surface area contributed by atoms with Gasteiger partial charge in [-0.1, -0.05) is 0 Å². The highest BCUT2D eigenvalue weighted by molar-refractivity contribution is 7.09. The molecule has 3 rings (SSSR count). The van der Waals surface area contributed by atoms with Crippen LogP contribution in [0.5, 0.6) is 5.88 Å². The lowest BCUT2D eigenvalue weighted by Gasteiger charge is -2.32. The highest BCUT2D eigenvalue weighted by atomic mass is 32.1. The fourth-order valence-corrected chi connectivity index (χ4v) is 3.80. The van der Waals surface area contributed by atoms with Crippen LogP contribution in [0.3, 0.4) is 0 Å². The number of hydrogen-bond donors (Lipinski definition) is 0. The van der Waals surface area contributed by atoms with Gasteiger partial charge in [0.05, 0.1) is 11.6 Å². The van der Waals surface area contributed by atoms with Crippen LogP contribution in [0.15, 0.2) is 23.7 Å². The van der Waals surface area contributed by atoms with E-state index < -0.39 is 0 Å². The largest absolute Gasteiger partial charge is 0.478 e. The van der Waals surface area contributed by atoms with Crippen molar-refractivity contribution in [3.05, 3.63) is 40.0 Å². The highest BCUT2D eigenvalue weighted by Gasteiger charge is 2.27. The van der Waals surface area contributed by atoms with Crippen molar-refractivity contribution in [1.29, 1.82) is 0 Å². The van der Waals surface area contributed by atoms with Gasteiger partial charge in [0.1, 0.15) is 0 Å². The highest BCUT2D eigenvalue weighted by Crippen LogP contribution is 2.30. The fraction of sp³-hybridized carbons (Fsp3) is 0.471. The average molecular weight is 331 g/mol. The summed E-state index contributed by atoms with van der Waals surface area (Å²) in [6.45, 7) is 5.99. The van der Waals surface area contributed by atoms with E-state index in [0.29, 0.717) is 24.0 Å². The molecular formula is C17H21N3O2S. The first-order chi connectivity index (χ1) is 11.2. The predicted molar refractivity (Wildman–Crippen MR) is 90.1 cm³/mol. The lowest BCUT2D eigenvalue weighted by Crippen LogP contribution is -2.39. The van der Waals surface area contributed by atoms with Crippen molar-refractivity contribution < 1.29 is 9.53 Å². The van der Waals surface area contributed by atoms with Crippen LogP contribution in [0.2, 0.25) is 0 Å². The molecule has 1 unspecified atom stereocenters. The molecule has 1 saturated heterocycles. The monoisotopic (exact) mass is 331 g/mol. The molecule has 1 atom stereocenters. The summed E-state index contributed by atoms with van der Waals surface area (Å²) < 4.78 is 5.39. The van der Waals surface area contributed by atoms with E-state index in [4.69, 9.17) is 4.74 Å². The van der Waals surface area contributed by atoms with Gasteiger partial charge < -0.3 is 9.64 Å². The van der Waals surface area contributed by atoms with Gasteiger partial charge in [0.25, 0.3) is 5.91 Å². The molecule has 23 heavy (non-hydrogen) atoms. The number of piperidine rings is 1. The number of carbonyl (C=O) groups excluding carboxylic acids is 1. The summed E-state index contributed by atoms with van der Waals surface area (Å²) in [6, 6.07) is 3.48. The Kier molecular flexibility index (Phi) is 4.91. The molecular weight excluding hydrogens is 310 g/mol. The SMILES string of the molecule is CCOc1cc(C(=O)N2CCCC(c3nc(C)cs3)C2)ccn1. The number of thiazole rings is 1. The molecule has 1 fully saturated rings. The van der Waals surface area contributed by atoms with Gasteiger partial charge in [-0.25, -0.2) is 9.97 Å². The fourth-order valence-electron chi connectivity index (χ4n) is 2.87. The Hall–Kier alpha value is -1.95. The number of aromatic nitrogens is 2. The molecule has 0 aliphatic carbocycles. The second kappa shape index (κ2) is 7.08. The molecule has 0 saturated carbocycles. The number of carbonyl (C=O) groups is 1. The van der Waals surface area contributed by atoms with E-state index >= 15 is 0 Å². The molecule has 1 aliphatic rings. The zero-order valence-corrected chi connectivity index (χ0v) is 14.3. The van der Waals surface area contributed by atoms with E-state index in [1.807, 2.05) is 18.7 Å². The van der Waals surface area contributed by atoms with Gasteiger partial charge in [-0.3, -0.25) is 4.79 Å². The van der Waals surface area contributed by atoms with Gasteiger partial charge in [-0.15, -0.1) is 11.3 Å². The van der Waals surface area contributed by atoms with Crippen LogP contribution in [0.25, 0.3) is 0 Å². The van der Waals surface area contributed by atoms with E-state index in [2.05, 4.69) is 15.3 Å². The first-order valence-corrected chi connectivity index (χ1v) is 8.85. The van der Waals surface area contributed by atoms with Crippen molar-refractivity contribution in [3.8, 4) is 5.88 Å². The minimum atomic E-state index is 0.0475. The Morgan fingerprint density at radius 3 is 3.13 bits per heavy atom. The number of nitrogens with zero attached hydrogens (tertiary/aromatic N) is 3. The second-order valence-electron chi connectivity index (χ2n) is 5.73. The minimum Gasteiger partial charge on any atom is -0.478 e. The van der Waals surface area contributed by atoms with Crippen LogP contribution < -0.4 is 4.74 Å². The molecule has 2 aromatic heterocycles. The van der Waals surface area contributed by atoms with E-state index in [0.717, 1.165) is 36.6 Å². The second-order valence-corrected chi connectivity index (χ2v) is 6.62. The molecule has 2 aromatic rings. The Morgan fingerprint density at radius 2 is 2.39 bits per heavy atom. The maximum atomic E-state index is 12.8. The van der Waals surface area contributed by atoms with Crippen LogP contribution in [0, 0.1) is 6.92 Å². The Labute approximate surface area is 140 Å². The molecule has 0 radical (unpaired) electrons. The molecule has 0 bridgehead atoms. The van der Waals surface area contributed by atoms with Crippen LogP contribution in [0.4, 0.5) is 0 Å². The molecule has 3 heterocycles. The summed E-state index contributed by atoms with van der Waals surface area (Å²) in [6.07, 6.45) is 3.74. The summed E-state index contributed by atoms with van der Waals surface area (Å²) in [5.41, 5.74) is 1.70. The maximum Gasteiger partial charge on any atom is 0.254 e. The van der Waals surface area contributed by atoms with Gasteiger partial charge in [-0.2, -0.15) is 0 Å². The average Bonchev–Trinajstić information content (AvgIpc) is 3.01. The third-order valence-corrected chi connectivity index (χ3v) is 5.09. The van der Waals surface area contributed by atoms with Crippen molar-refractivity contribution in [3.63, 3.8) is 0 Å². The van der Waals surface area contributed by atoms with Gasteiger partial charge >= 0.3 is 0 Å². The van der Waals surface area contributed by atoms with Crippen molar-refractivity contribution in [2.75, 3.05) is 19.7 Å². The van der Waals surface area contributed by atoms with Crippen LogP contribution in [0.1, 0.15) is 46.7 Å². The number of hydrogen-bond acceptors (Lipinski definition) is 5. The molecule has 0 spiro atoms. The summed E-state index contributed by atoms with van der Waals surface area (Å²) >= 11 is 1.70. The molecule has 1 amide bonds. The van der Waals surface area contributed by atoms with Crippen LogP contribution >= 0.6 is 11.3 Å². The normalized spacial score (nSPS) is 18.0. The summed E-state index contributed by atoms with van der Waals surface area (Å²) in [5, 5.41) is 3.22. The van der Waals surface area contributed by atoms with Crippen LogP contribution in [-0.4, -0.2) is 40.5 Å². The molecule has 0 N–H and O–H groups in total. The molecule has 5 nitrogen and oxygen atoms in total. The summed E-state index contributed by atoms with van der Waals surface area (Å²) in [4.78, 5) is 23.4. The quantitative estimate of drug-likeness (QED) is 0.863. The first-order valence-electron chi connectivity index (χ1n) is 7.97. The van der Waals surface area contributed by atoms with Gasteiger partial charge in [0.15, 0.2) is 0 Å². The van der Waals surface area contributed by atoms with Gasteiger partial charge in [-0.05, 0) is 32.8 Å². The minimum absolute atomic E-state index is 0.0475. The standard InChI is InChI=1S/C17H21N3O2S/c1-3-22-15-9-13(6-7-18-15)17(21)20-8-4-5-14(10-20)16-19-12(2)11-23-16/h6-7,9,11,14H,3-5,8,10H2,1-2H3. The predicted octanol–water partition coefficient (Wildman–Crippen LogP) is 3.27. The maximum absolute atomic E-state index is 12.8. The summed E-state index contributed by atoms with van der Waals surface area (Å²) in [7, 11) is 0. The van der Waals surface area contributed by atoms with Crippen molar-refractivity contribution >= 4 is 17.2 Å². The number of aryl methyl sites for hydroxylation is 1. The molecule has 122 valence electrons. The smallest absolute Gasteiger partial charge is 0.254 e. The third kappa shape index (κ3) is 3.69. The topological polar surface area (TPSA) is 55.3 Å². The number of rotatable bonds is 4. The Bertz CT molecular complexity index is 686. The van der Waals surface area contributed by atoms with E-state index in [9.17, 15) is 4.79 Å². The molecule has 1 aliphatic heterocycles. The lowest BCUT2D eigenvalue weighted by atomic mass is 9.98. The van der Waals surface area contributed by atoms with Crippen molar-refractivity contribution in [2.24, 2.45) is 0 Å². The Balaban J connectivity index is 1.73. The van der Waals surface area contributed by atoms with Gasteiger partial charge in [0.2, 0.25) is 5.88 Å². The number of amides is 1. The van der Waals surface area contributed by atoms with E-state index in [-0.39, 0.29) is 5.91 Å². The number of likely N-dealkylation sites (tertiary alicyclic amines) is 1. The van der Waals surface area contributed by atoms with E-state index in [1.54, 1.807) is 29.7 Å². The zero-order valence-electron chi connectivity index (χ0n) is 13.5. The van der Waals surface area contributed by atoms with E-state index in [1.165, 1.54) is 0 Å². The number of pyridine rings is 1. The molecule has 0 aromatic carbocycles. The number of ether oxygens (including phenoxy) is 1. The third-order valence-electron chi connectivity index (χ3n) is 3.97. The molecule has 6 heteroatoms. The lowest BCUT2D eigenvalue weighted by molar-refractivity contribution is 0.0706. The zero-order chi connectivity index (χ0) is 16.2. The first kappa shape index (κ1) is 15.9. The van der Waals surface area contributed by atoms with Gasteiger partial charge in [0, 0.05) is 47.9 Å². The summed E-state index contributed by atoms with van der Waals surface area (Å²) in [5.74, 6) is 0.897. The van der Waals surface area contributed by atoms with Crippen molar-refractivity contribution in [2.45, 2.75) is 32.6 Å². The Morgan fingerprint density at radius 1 is 1.52 bits per heavy atom.